The maximum atomic E-state index is 12.0. The van der Waals surface area contributed by atoms with Crippen LogP contribution >= 0.6 is 27.3 Å². The minimum atomic E-state index is -3.39. The Balaban J connectivity index is 2.37. The largest absolute Gasteiger partial charge is 0.317 e. The molecule has 110 valence electrons. The van der Waals surface area contributed by atoms with Crippen molar-refractivity contribution in [2.75, 3.05) is 26.7 Å². The lowest BCUT2D eigenvalue weighted by Crippen LogP contribution is -2.38. The molecular formula is C11H20BrN3O2S2. The lowest BCUT2D eigenvalue weighted by atomic mass is 10.4. The number of halogens is 1. The predicted molar refractivity (Wildman–Crippen MR) is 83.6 cm³/mol. The van der Waals surface area contributed by atoms with Crippen molar-refractivity contribution in [2.45, 2.75) is 19.9 Å². The Kier molecular flexibility index (Phi) is 7.48. The molecule has 0 aromatic carbocycles. The minimum Gasteiger partial charge on any atom is -0.317 e. The van der Waals surface area contributed by atoms with Gasteiger partial charge in [-0.3, -0.25) is 0 Å². The van der Waals surface area contributed by atoms with Gasteiger partial charge in [-0.05, 0) is 41.5 Å². The van der Waals surface area contributed by atoms with Crippen molar-refractivity contribution in [1.82, 2.24) is 14.3 Å². The van der Waals surface area contributed by atoms with Crippen LogP contribution in [0.2, 0.25) is 0 Å². The molecule has 0 amide bonds. The van der Waals surface area contributed by atoms with E-state index in [0.717, 1.165) is 28.9 Å². The van der Waals surface area contributed by atoms with Crippen LogP contribution in [0.3, 0.4) is 0 Å². The van der Waals surface area contributed by atoms with Crippen molar-refractivity contribution in [2.24, 2.45) is 0 Å². The molecule has 1 heterocycles. The third kappa shape index (κ3) is 6.33. The highest BCUT2D eigenvalue weighted by Crippen LogP contribution is 2.19. The Bertz CT molecular complexity index is 476. The van der Waals surface area contributed by atoms with Crippen molar-refractivity contribution in [1.29, 1.82) is 0 Å². The first-order valence-electron chi connectivity index (χ1n) is 6.10. The highest BCUT2D eigenvalue weighted by Gasteiger charge is 2.16. The second-order valence-corrected chi connectivity index (χ2v) is 7.86. The van der Waals surface area contributed by atoms with Crippen molar-refractivity contribution in [3.8, 4) is 0 Å². The lowest BCUT2D eigenvalue weighted by Gasteiger charge is -2.17. The standard InChI is InChI=1S/C11H20BrN3O2S2/c1-3-13-5-4-6-15(2)19(16,17)14-8-11-7-10(12)9-18-11/h7,9,13-14H,3-6,8H2,1-2H3. The van der Waals surface area contributed by atoms with Crippen LogP contribution in [-0.4, -0.2) is 39.4 Å². The third-order valence-corrected chi connectivity index (χ3v) is 5.75. The van der Waals surface area contributed by atoms with E-state index in [-0.39, 0.29) is 0 Å². The van der Waals surface area contributed by atoms with Gasteiger partial charge in [0.1, 0.15) is 0 Å². The molecule has 1 aromatic rings. The average Bonchev–Trinajstić information content (AvgIpc) is 2.78. The van der Waals surface area contributed by atoms with Gasteiger partial charge >= 0.3 is 0 Å². The Hall–Kier alpha value is 0.01000. The van der Waals surface area contributed by atoms with Gasteiger partial charge in [-0.25, -0.2) is 0 Å². The van der Waals surface area contributed by atoms with E-state index in [2.05, 4.69) is 26.0 Å². The van der Waals surface area contributed by atoms with E-state index in [4.69, 9.17) is 0 Å². The quantitative estimate of drug-likeness (QED) is 0.652. The predicted octanol–water partition coefficient (Wildman–Crippen LogP) is 1.78. The second-order valence-electron chi connectivity index (χ2n) is 4.09. The van der Waals surface area contributed by atoms with Gasteiger partial charge < -0.3 is 5.32 Å². The molecule has 0 aliphatic carbocycles. The second kappa shape index (κ2) is 8.33. The molecule has 0 saturated carbocycles. The van der Waals surface area contributed by atoms with Gasteiger partial charge in [0.25, 0.3) is 10.2 Å². The Morgan fingerprint density at radius 3 is 2.79 bits per heavy atom. The average molecular weight is 370 g/mol. The molecule has 1 aromatic heterocycles. The summed E-state index contributed by atoms with van der Waals surface area (Å²) in [5, 5.41) is 5.10. The Morgan fingerprint density at radius 1 is 1.47 bits per heavy atom. The fourth-order valence-corrected chi connectivity index (χ4v) is 3.85. The van der Waals surface area contributed by atoms with E-state index in [1.165, 1.54) is 15.6 Å². The molecule has 0 aliphatic rings. The zero-order chi connectivity index (χ0) is 14.3. The Labute approximate surface area is 127 Å². The van der Waals surface area contributed by atoms with Gasteiger partial charge in [0, 0.05) is 34.9 Å². The maximum Gasteiger partial charge on any atom is 0.279 e. The highest BCUT2D eigenvalue weighted by molar-refractivity contribution is 9.10. The fourth-order valence-electron chi connectivity index (χ4n) is 1.44. The molecule has 0 fully saturated rings. The van der Waals surface area contributed by atoms with Crippen LogP contribution in [0.15, 0.2) is 15.9 Å². The van der Waals surface area contributed by atoms with Gasteiger partial charge in [-0.1, -0.05) is 6.92 Å². The van der Waals surface area contributed by atoms with E-state index in [0.29, 0.717) is 13.1 Å². The number of nitrogens with zero attached hydrogens (tertiary/aromatic N) is 1. The third-order valence-electron chi connectivity index (χ3n) is 2.54. The molecule has 1 rings (SSSR count). The van der Waals surface area contributed by atoms with Crippen LogP contribution in [0, 0.1) is 0 Å². The number of thiophene rings is 1. The summed E-state index contributed by atoms with van der Waals surface area (Å²) in [7, 11) is -1.79. The molecule has 0 radical (unpaired) electrons. The Morgan fingerprint density at radius 2 is 2.21 bits per heavy atom. The zero-order valence-electron chi connectivity index (χ0n) is 11.1. The number of hydrogen-bond acceptors (Lipinski definition) is 4. The summed E-state index contributed by atoms with van der Waals surface area (Å²) in [6, 6.07) is 1.92. The highest BCUT2D eigenvalue weighted by atomic mass is 79.9. The summed E-state index contributed by atoms with van der Waals surface area (Å²) in [6.45, 7) is 4.60. The smallest absolute Gasteiger partial charge is 0.279 e. The van der Waals surface area contributed by atoms with Crippen LogP contribution < -0.4 is 10.0 Å². The lowest BCUT2D eigenvalue weighted by molar-refractivity contribution is 0.445. The van der Waals surface area contributed by atoms with Gasteiger partial charge in [0.15, 0.2) is 0 Å². The van der Waals surface area contributed by atoms with Gasteiger partial charge in [-0.15, -0.1) is 11.3 Å². The monoisotopic (exact) mass is 369 g/mol. The molecule has 0 atom stereocenters. The van der Waals surface area contributed by atoms with Crippen molar-refractivity contribution in [3.05, 3.63) is 20.8 Å². The van der Waals surface area contributed by atoms with Crippen LogP contribution in [0.1, 0.15) is 18.2 Å². The van der Waals surface area contributed by atoms with Crippen LogP contribution in [0.5, 0.6) is 0 Å². The molecular weight excluding hydrogens is 350 g/mol. The topological polar surface area (TPSA) is 61.4 Å². The van der Waals surface area contributed by atoms with Crippen LogP contribution in [-0.2, 0) is 16.8 Å². The van der Waals surface area contributed by atoms with E-state index in [1.807, 2.05) is 18.4 Å². The summed E-state index contributed by atoms with van der Waals surface area (Å²) < 4.78 is 28.9. The molecule has 5 nitrogen and oxygen atoms in total. The molecule has 0 unspecified atom stereocenters. The van der Waals surface area contributed by atoms with Crippen LogP contribution in [0.4, 0.5) is 0 Å². The first-order chi connectivity index (χ1) is 8.95. The zero-order valence-corrected chi connectivity index (χ0v) is 14.4. The summed E-state index contributed by atoms with van der Waals surface area (Å²) >= 11 is 4.87. The molecule has 8 heteroatoms. The summed E-state index contributed by atoms with van der Waals surface area (Å²) in [5.74, 6) is 0. The first kappa shape index (κ1) is 17.1. The normalized spacial score (nSPS) is 12.2. The van der Waals surface area contributed by atoms with Gasteiger partial charge in [0.2, 0.25) is 0 Å². The SMILES string of the molecule is CCNCCCN(C)S(=O)(=O)NCc1cc(Br)cs1. The van der Waals surface area contributed by atoms with E-state index < -0.39 is 10.2 Å². The summed E-state index contributed by atoms with van der Waals surface area (Å²) in [6.07, 6.45) is 0.801. The molecule has 0 spiro atoms. The first-order valence-corrected chi connectivity index (χ1v) is 9.21. The van der Waals surface area contributed by atoms with Crippen molar-refractivity contribution >= 4 is 37.5 Å². The maximum absolute atomic E-state index is 12.0. The van der Waals surface area contributed by atoms with Gasteiger partial charge in [-0.2, -0.15) is 17.4 Å². The molecule has 19 heavy (non-hydrogen) atoms. The van der Waals surface area contributed by atoms with E-state index in [1.54, 1.807) is 7.05 Å². The number of rotatable bonds is 9. The van der Waals surface area contributed by atoms with E-state index in [9.17, 15) is 8.42 Å². The minimum absolute atomic E-state index is 0.330. The summed E-state index contributed by atoms with van der Waals surface area (Å²) in [4.78, 5) is 0.983. The van der Waals surface area contributed by atoms with E-state index >= 15 is 0 Å². The van der Waals surface area contributed by atoms with Crippen LogP contribution in [0.25, 0.3) is 0 Å². The molecule has 0 saturated heterocycles. The molecule has 0 bridgehead atoms. The molecule has 2 N–H and O–H groups in total. The number of hydrogen-bond donors (Lipinski definition) is 2. The van der Waals surface area contributed by atoms with Crippen molar-refractivity contribution in [3.63, 3.8) is 0 Å². The summed E-state index contributed by atoms with van der Waals surface area (Å²) in [5.41, 5.74) is 0. The number of nitrogens with one attached hydrogen (secondary N) is 2. The fraction of sp³-hybridized carbons (Fsp3) is 0.636. The van der Waals surface area contributed by atoms with Gasteiger partial charge in [0.05, 0.1) is 0 Å². The van der Waals surface area contributed by atoms with Crippen molar-refractivity contribution < 1.29 is 8.42 Å². The molecule has 0 aliphatic heterocycles.